The number of methoxy groups -OCH3 is 1. The Bertz CT molecular complexity index is 2090. The van der Waals surface area contributed by atoms with Crippen LogP contribution in [0.5, 0.6) is 11.6 Å². The summed E-state index contributed by atoms with van der Waals surface area (Å²) in [7, 11) is 1.51. The van der Waals surface area contributed by atoms with Crippen molar-refractivity contribution in [1.29, 1.82) is 0 Å². The zero-order valence-corrected chi connectivity index (χ0v) is 33.4. The van der Waals surface area contributed by atoms with Crippen LogP contribution in [0.2, 0.25) is 0 Å². The van der Waals surface area contributed by atoms with E-state index in [-0.39, 0.29) is 75.0 Å². The van der Waals surface area contributed by atoms with E-state index in [1.807, 2.05) is 6.92 Å². The van der Waals surface area contributed by atoms with Crippen molar-refractivity contribution >= 4 is 51.9 Å². The molecule has 3 aliphatic rings. The highest BCUT2D eigenvalue weighted by Gasteiger charge is 2.48. The van der Waals surface area contributed by atoms with Crippen LogP contribution in [0.4, 0.5) is 10.1 Å². The van der Waals surface area contributed by atoms with Gasteiger partial charge in [-0.25, -0.2) is 9.37 Å². The number of benzene rings is 2. The summed E-state index contributed by atoms with van der Waals surface area (Å²) in [5, 5.41) is 6.33. The van der Waals surface area contributed by atoms with Gasteiger partial charge in [-0.2, -0.15) is 0 Å². The Labute approximate surface area is 345 Å². The lowest BCUT2D eigenvalue weighted by atomic mass is 9.96. The van der Waals surface area contributed by atoms with Crippen molar-refractivity contribution in [2.75, 3.05) is 85.0 Å². The lowest BCUT2D eigenvalue weighted by Crippen LogP contribution is -2.54. The number of amides is 6. The van der Waals surface area contributed by atoms with Crippen LogP contribution in [-0.2, 0) is 33.3 Å². The minimum atomic E-state index is -1.67. The molecular formula is C41H49FN6O12. The van der Waals surface area contributed by atoms with Crippen LogP contribution in [0.25, 0.3) is 10.8 Å². The van der Waals surface area contributed by atoms with Gasteiger partial charge in [-0.3, -0.25) is 39.0 Å². The number of ether oxygens (including phenoxy) is 6. The van der Waals surface area contributed by atoms with Crippen molar-refractivity contribution in [3.05, 3.63) is 59.3 Å². The molecule has 60 heavy (non-hydrogen) atoms. The number of pyridine rings is 1. The Morgan fingerprint density at radius 1 is 0.933 bits per heavy atom. The summed E-state index contributed by atoms with van der Waals surface area (Å²) in [5.74, 6) is -3.41. The molecule has 0 saturated carbocycles. The topological polar surface area (TPSA) is 227 Å². The normalized spacial score (nSPS) is 20.2. The van der Waals surface area contributed by atoms with Crippen LogP contribution in [-0.4, -0.2) is 148 Å². The summed E-state index contributed by atoms with van der Waals surface area (Å²) in [4.78, 5) is 81.7. The third kappa shape index (κ3) is 9.81. The van der Waals surface area contributed by atoms with E-state index in [9.17, 15) is 28.8 Å². The van der Waals surface area contributed by atoms with Crippen molar-refractivity contribution in [2.24, 2.45) is 11.7 Å². The minimum Gasteiger partial charge on any atom is -0.497 e. The first-order chi connectivity index (χ1) is 29.0. The number of nitrogens with two attached hydrogens (primary N) is 1. The van der Waals surface area contributed by atoms with Gasteiger partial charge in [0, 0.05) is 48.1 Å². The van der Waals surface area contributed by atoms with Crippen LogP contribution in [0.3, 0.4) is 0 Å². The van der Waals surface area contributed by atoms with Gasteiger partial charge >= 0.3 is 0 Å². The molecule has 4 heterocycles. The number of hydrogen-bond acceptors (Lipinski definition) is 14. The number of nitrogens with zero attached hydrogens (tertiary/aromatic N) is 3. The van der Waals surface area contributed by atoms with Crippen LogP contribution >= 0.6 is 0 Å². The molecule has 322 valence electrons. The van der Waals surface area contributed by atoms with Gasteiger partial charge in [0.15, 0.2) is 6.17 Å². The molecule has 6 amide bonds. The van der Waals surface area contributed by atoms with E-state index in [0.717, 1.165) is 4.90 Å². The number of imide groups is 2. The van der Waals surface area contributed by atoms with Gasteiger partial charge in [-0.1, -0.05) is 13.0 Å². The molecule has 18 nitrogen and oxygen atoms in total. The Morgan fingerprint density at radius 2 is 1.63 bits per heavy atom. The number of hydrogen-bond donors (Lipinski definition) is 3. The summed E-state index contributed by atoms with van der Waals surface area (Å²) in [6, 6.07) is 8.29. The number of rotatable bonds is 23. The van der Waals surface area contributed by atoms with Crippen molar-refractivity contribution in [3.8, 4) is 11.6 Å². The molecule has 0 bridgehead atoms. The van der Waals surface area contributed by atoms with E-state index in [0.29, 0.717) is 61.6 Å². The molecule has 0 radical (unpaired) electrons. The summed E-state index contributed by atoms with van der Waals surface area (Å²) < 4.78 is 49.0. The maximum Gasteiger partial charge on any atom is 0.264 e. The van der Waals surface area contributed by atoms with Crippen molar-refractivity contribution in [3.63, 3.8) is 0 Å². The predicted molar refractivity (Wildman–Crippen MR) is 211 cm³/mol. The first-order valence-electron chi connectivity index (χ1n) is 19.8. The molecule has 0 spiro atoms. The number of fused-ring (bicyclic) bond motifs is 2. The number of alkyl halides is 1. The largest absolute Gasteiger partial charge is 0.497 e. The second-order valence-electron chi connectivity index (χ2n) is 14.2. The number of aromatic nitrogens is 1. The fourth-order valence-electron chi connectivity index (χ4n) is 7.54. The molecule has 0 aliphatic carbocycles. The van der Waals surface area contributed by atoms with Crippen LogP contribution in [0.15, 0.2) is 42.6 Å². The van der Waals surface area contributed by atoms with Crippen LogP contribution in [0.1, 0.15) is 57.3 Å². The minimum absolute atomic E-state index is 0.0276. The zero-order valence-electron chi connectivity index (χ0n) is 33.4. The number of halogens is 1. The van der Waals surface area contributed by atoms with E-state index < -0.39 is 59.6 Å². The van der Waals surface area contributed by atoms with E-state index in [1.165, 1.54) is 24.3 Å². The van der Waals surface area contributed by atoms with Gasteiger partial charge in [0.05, 0.1) is 82.7 Å². The lowest BCUT2D eigenvalue weighted by Gasteiger charge is -2.27. The van der Waals surface area contributed by atoms with E-state index >= 15 is 4.39 Å². The fraction of sp³-hybridized carbons (Fsp3) is 0.488. The van der Waals surface area contributed by atoms with Crippen molar-refractivity contribution < 1.29 is 61.6 Å². The van der Waals surface area contributed by atoms with Gasteiger partial charge in [0.1, 0.15) is 18.4 Å². The molecule has 4 atom stereocenters. The van der Waals surface area contributed by atoms with Crippen LogP contribution < -0.4 is 25.8 Å². The third-order valence-electron chi connectivity index (χ3n) is 10.6. The Hall–Kier alpha value is -5.76. The Morgan fingerprint density at radius 3 is 2.30 bits per heavy atom. The number of primary amides is 1. The maximum absolute atomic E-state index is 15.1. The summed E-state index contributed by atoms with van der Waals surface area (Å²) in [6.45, 7) is 4.52. The molecular weight excluding hydrogens is 787 g/mol. The number of likely N-dealkylation sites (tertiary alicyclic amines) is 1. The van der Waals surface area contributed by atoms with Crippen LogP contribution in [0, 0.1) is 5.92 Å². The molecule has 1 aromatic heterocycles. The molecule has 6 rings (SSSR count). The molecule has 3 aromatic rings. The van der Waals surface area contributed by atoms with Gasteiger partial charge in [0.2, 0.25) is 17.7 Å². The summed E-state index contributed by atoms with van der Waals surface area (Å²) in [5.41, 5.74) is 6.57. The van der Waals surface area contributed by atoms with Crippen molar-refractivity contribution in [1.82, 2.24) is 20.1 Å². The van der Waals surface area contributed by atoms with Gasteiger partial charge < -0.3 is 44.4 Å². The standard InChI is InChI=1S/C41H49FN6O12/c1-3-25-32(23-60-38-28-21-24(55-2)7-8-26(28)29(22-45-38)36(43)50)47(41(54)35(25)42)12-14-57-16-18-59-20-19-58-17-15-56-13-11-44-30-6-4-5-27-34(30)40(53)48(39(27)52)31-9-10-33(49)46-37(31)51/h4-8,21-22,25,31-32,35,44H,3,9-20,23H2,1-2H3,(H2,43,50)(H,46,49,51)/t25-,31?,32+,35-/m0/s1. The molecule has 4 N–H and O–H groups in total. The SMILES string of the molecule is CC[C@@H]1[C@H](F)C(=O)N(CCOCCOCCOCCOCCNc2cccc3c2C(=O)N(C2CCC(=O)NC2=O)C3=O)[C@@H]1COc1ncc(C(N)=O)c2ccc(OC)cc12. The highest BCUT2D eigenvalue weighted by molar-refractivity contribution is 6.25. The van der Waals surface area contributed by atoms with E-state index in [2.05, 4.69) is 15.6 Å². The molecule has 3 aliphatic heterocycles. The summed E-state index contributed by atoms with van der Waals surface area (Å²) >= 11 is 0. The van der Waals surface area contributed by atoms with Gasteiger partial charge in [-0.15, -0.1) is 0 Å². The smallest absolute Gasteiger partial charge is 0.264 e. The second kappa shape index (κ2) is 20.5. The predicted octanol–water partition coefficient (Wildman–Crippen LogP) is 1.88. The number of piperidine rings is 1. The first-order valence-corrected chi connectivity index (χ1v) is 19.8. The number of carbonyl (C=O) groups excluding carboxylic acids is 6. The quantitative estimate of drug-likeness (QED) is 0.0916. The first kappa shape index (κ1) is 43.8. The monoisotopic (exact) mass is 836 g/mol. The van der Waals surface area contributed by atoms with Gasteiger partial charge in [-0.05, 0) is 43.2 Å². The van der Waals surface area contributed by atoms with Crippen molar-refractivity contribution in [2.45, 2.75) is 44.4 Å². The van der Waals surface area contributed by atoms with E-state index in [4.69, 9.17) is 34.2 Å². The third-order valence-corrected chi connectivity index (χ3v) is 10.6. The van der Waals surface area contributed by atoms with E-state index in [1.54, 1.807) is 30.3 Å². The average Bonchev–Trinajstić information content (AvgIpc) is 3.63. The molecule has 1 unspecified atom stereocenters. The lowest BCUT2D eigenvalue weighted by molar-refractivity contribution is -0.136. The number of nitrogens with one attached hydrogen (secondary N) is 2. The highest BCUT2D eigenvalue weighted by Crippen LogP contribution is 2.35. The highest BCUT2D eigenvalue weighted by atomic mass is 19.1. The maximum atomic E-state index is 15.1. The molecule has 2 saturated heterocycles. The molecule has 2 fully saturated rings. The molecule has 19 heteroatoms. The number of anilines is 1. The number of carbonyl (C=O) groups is 6. The summed E-state index contributed by atoms with van der Waals surface area (Å²) in [6.07, 6.45) is 0.194. The second-order valence-corrected chi connectivity index (χ2v) is 14.2. The fourth-order valence-corrected chi connectivity index (χ4v) is 7.54. The molecule has 2 aromatic carbocycles. The Balaban J connectivity index is 0.838. The van der Waals surface area contributed by atoms with Gasteiger partial charge in [0.25, 0.3) is 23.6 Å². The Kier molecular flexibility index (Phi) is 14.9. The average molecular weight is 837 g/mol. The zero-order chi connectivity index (χ0) is 42.8.